The van der Waals surface area contributed by atoms with Crippen molar-refractivity contribution in [3.05, 3.63) is 35.6 Å². The summed E-state index contributed by atoms with van der Waals surface area (Å²) in [5.74, 6) is -0.242. The van der Waals surface area contributed by atoms with Crippen molar-refractivity contribution in [2.75, 3.05) is 13.7 Å². The predicted molar refractivity (Wildman–Crippen MR) is 60.2 cm³/mol. The lowest BCUT2D eigenvalue weighted by molar-refractivity contribution is -0.138. The third-order valence-electron chi connectivity index (χ3n) is 2.04. The molecule has 0 aromatic carbocycles. The number of hydrogen-bond donors (Lipinski definition) is 1. The molecule has 0 aliphatic heterocycles. The summed E-state index contributed by atoms with van der Waals surface area (Å²) < 4.78 is 5.07. The van der Waals surface area contributed by atoms with Crippen LogP contribution in [-0.4, -0.2) is 19.6 Å². The van der Waals surface area contributed by atoms with Crippen LogP contribution in [0.1, 0.15) is 19.8 Å². The molecule has 0 fully saturated rings. The number of rotatable bonds is 4. The molecule has 1 rings (SSSR count). The molecule has 0 heterocycles. The topological polar surface area (TPSA) is 38.3 Å². The van der Waals surface area contributed by atoms with Gasteiger partial charge in [0.2, 0.25) is 0 Å². The molecule has 1 aliphatic rings. The number of carbonyl (C=O) groups is 1. The third-order valence-corrected chi connectivity index (χ3v) is 2.04. The summed E-state index contributed by atoms with van der Waals surface area (Å²) in [5.41, 5.74) is 1.55. The molecule has 3 heteroatoms. The molecule has 0 saturated carbocycles. The first-order chi connectivity index (χ1) is 7.27. The first-order valence-corrected chi connectivity index (χ1v) is 5.21. The molecule has 1 aliphatic carbocycles. The van der Waals surface area contributed by atoms with Crippen molar-refractivity contribution in [1.82, 2.24) is 5.32 Å². The van der Waals surface area contributed by atoms with E-state index < -0.39 is 0 Å². The average Bonchev–Trinajstić information content (AvgIpc) is 2.50. The van der Waals surface area contributed by atoms with E-state index in [4.69, 9.17) is 4.74 Å². The van der Waals surface area contributed by atoms with Crippen LogP contribution in [0.2, 0.25) is 0 Å². The van der Waals surface area contributed by atoms with E-state index in [1.807, 2.05) is 38.3 Å². The number of allylic oxidation sites excluding steroid dienone is 3. The Hall–Kier alpha value is -1.51. The Bertz CT molecular complexity index is 314. The first kappa shape index (κ1) is 11.6. The zero-order chi connectivity index (χ0) is 11.1. The van der Waals surface area contributed by atoms with E-state index in [0.29, 0.717) is 12.2 Å². The van der Waals surface area contributed by atoms with Crippen LogP contribution in [-0.2, 0) is 9.53 Å². The van der Waals surface area contributed by atoms with Gasteiger partial charge in [-0.1, -0.05) is 19.1 Å². The Labute approximate surface area is 90.5 Å². The molecule has 15 heavy (non-hydrogen) atoms. The number of ether oxygens (including phenoxy) is 1. The number of esters is 1. The van der Waals surface area contributed by atoms with E-state index >= 15 is 0 Å². The summed E-state index contributed by atoms with van der Waals surface area (Å²) in [5, 5.41) is 3.01. The van der Waals surface area contributed by atoms with Gasteiger partial charge in [0.25, 0.3) is 0 Å². The lowest BCUT2D eigenvalue weighted by Gasteiger charge is -2.04. The fraction of sp³-hybridized carbons (Fsp3) is 0.417. The molecule has 0 amide bonds. The molecule has 0 spiro atoms. The van der Waals surface area contributed by atoms with Gasteiger partial charge in [0, 0.05) is 12.7 Å². The van der Waals surface area contributed by atoms with Crippen molar-refractivity contribution < 1.29 is 9.53 Å². The van der Waals surface area contributed by atoms with Crippen LogP contribution in [0.15, 0.2) is 35.6 Å². The van der Waals surface area contributed by atoms with Crippen LogP contribution in [0.25, 0.3) is 0 Å². The van der Waals surface area contributed by atoms with E-state index in [1.54, 1.807) is 0 Å². The van der Waals surface area contributed by atoms with Gasteiger partial charge >= 0.3 is 5.97 Å². The quantitative estimate of drug-likeness (QED) is 0.716. The highest BCUT2D eigenvalue weighted by atomic mass is 16.5. The van der Waals surface area contributed by atoms with Gasteiger partial charge in [0.1, 0.15) is 0 Å². The lowest BCUT2D eigenvalue weighted by Crippen LogP contribution is -2.09. The minimum atomic E-state index is -0.242. The van der Waals surface area contributed by atoms with E-state index in [2.05, 4.69) is 5.32 Å². The molecular weight excluding hydrogens is 190 g/mol. The summed E-state index contributed by atoms with van der Waals surface area (Å²) in [6, 6.07) is 0. The van der Waals surface area contributed by atoms with Crippen molar-refractivity contribution in [3.8, 4) is 0 Å². The van der Waals surface area contributed by atoms with E-state index in [1.165, 1.54) is 0 Å². The predicted octanol–water partition coefficient (Wildman–Crippen LogP) is 1.93. The summed E-state index contributed by atoms with van der Waals surface area (Å²) in [4.78, 5) is 11.6. The Morgan fingerprint density at radius 2 is 2.40 bits per heavy atom. The number of carbonyl (C=O) groups excluding carboxylic acids is 1. The van der Waals surface area contributed by atoms with E-state index in [9.17, 15) is 4.79 Å². The number of hydrogen-bond acceptors (Lipinski definition) is 3. The van der Waals surface area contributed by atoms with Crippen LogP contribution >= 0.6 is 0 Å². The van der Waals surface area contributed by atoms with Crippen molar-refractivity contribution in [2.24, 2.45) is 0 Å². The summed E-state index contributed by atoms with van der Waals surface area (Å²) >= 11 is 0. The average molecular weight is 207 g/mol. The van der Waals surface area contributed by atoms with E-state index in [-0.39, 0.29) is 5.97 Å². The maximum Gasteiger partial charge on any atom is 0.337 e. The Kier molecular flexibility index (Phi) is 4.68. The molecule has 0 saturated heterocycles. The first-order valence-electron chi connectivity index (χ1n) is 5.21. The Morgan fingerprint density at radius 3 is 3.07 bits per heavy atom. The van der Waals surface area contributed by atoms with Gasteiger partial charge in [-0.3, -0.25) is 0 Å². The Morgan fingerprint density at radius 1 is 1.60 bits per heavy atom. The largest absolute Gasteiger partial charge is 0.462 e. The van der Waals surface area contributed by atoms with Gasteiger partial charge in [-0.05, 0) is 25.0 Å². The fourth-order valence-corrected chi connectivity index (χ4v) is 1.24. The van der Waals surface area contributed by atoms with Crippen LogP contribution < -0.4 is 5.32 Å². The molecule has 3 nitrogen and oxygen atoms in total. The minimum Gasteiger partial charge on any atom is -0.462 e. The van der Waals surface area contributed by atoms with Gasteiger partial charge in [0.05, 0.1) is 12.2 Å². The van der Waals surface area contributed by atoms with Gasteiger partial charge in [-0.15, -0.1) is 0 Å². The normalized spacial score (nSPS) is 15.1. The maximum absolute atomic E-state index is 11.6. The molecule has 0 radical (unpaired) electrons. The molecule has 0 aromatic rings. The number of nitrogens with one attached hydrogen (secondary N) is 1. The fourth-order valence-electron chi connectivity index (χ4n) is 1.24. The zero-order valence-corrected chi connectivity index (χ0v) is 9.25. The molecule has 1 N–H and O–H groups in total. The summed E-state index contributed by atoms with van der Waals surface area (Å²) in [6.07, 6.45) is 9.25. The monoisotopic (exact) mass is 207 g/mol. The standard InChI is InChI=1S/C12H17NO2/c1-3-8-15-12(14)10-6-4-5-7-11(9-10)13-2/h5-7,9,13H,3-4,8H2,1-2H3. The maximum atomic E-state index is 11.6. The van der Waals surface area contributed by atoms with Gasteiger partial charge in [-0.2, -0.15) is 0 Å². The SMILES string of the molecule is CCCOC(=O)C1=CCC=CC(NC)=C1. The molecule has 0 aromatic heterocycles. The highest BCUT2D eigenvalue weighted by Crippen LogP contribution is 2.10. The second kappa shape index (κ2) is 6.06. The minimum absolute atomic E-state index is 0.242. The van der Waals surface area contributed by atoms with Crippen molar-refractivity contribution in [3.63, 3.8) is 0 Å². The second-order valence-corrected chi connectivity index (χ2v) is 3.28. The van der Waals surface area contributed by atoms with E-state index in [0.717, 1.165) is 18.5 Å². The van der Waals surface area contributed by atoms with Gasteiger partial charge in [0.15, 0.2) is 0 Å². The third kappa shape index (κ3) is 3.62. The van der Waals surface area contributed by atoms with Crippen LogP contribution in [0.3, 0.4) is 0 Å². The highest BCUT2D eigenvalue weighted by molar-refractivity contribution is 5.92. The highest BCUT2D eigenvalue weighted by Gasteiger charge is 2.09. The lowest BCUT2D eigenvalue weighted by atomic mass is 10.2. The number of likely N-dealkylation sites (N-methyl/N-ethyl adjacent to an activating group) is 1. The zero-order valence-electron chi connectivity index (χ0n) is 9.25. The van der Waals surface area contributed by atoms with Gasteiger partial charge < -0.3 is 10.1 Å². The van der Waals surface area contributed by atoms with Crippen molar-refractivity contribution in [1.29, 1.82) is 0 Å². The molecule has 0 atom stereocenters. The van der Waals surface area contributed by atoms with Crippen LogP contribution in [0.4, 0.5) is 0 Å². The second-order valence-electron chi connectivity index (χ2n) is 3.28. The molecule has 0 bridgehead atoms. The molecular formula is C12H17NO2. The van der Waals surface area contributed by atoms with Crippen LogP contribution in [0.5, 0.6) is 0 Å². The summed E-state index contributed by atoms with van der Waals surface area (Å²) in [6.45, 7) is 2.46. The van der Waals surface area contributed by atoms with Crippen LogP contribution in [0, 0.1) is 0 Å². The smallest absolute Gasteiger partial charge is 0.337 e. The van der Waals surface area contributed by atoms with Gasteiger partial charge in [-0.25, -0.2) is 4.79 Å². The summed E-state index contributed by atoms with van der Waals surface area (Å²) in [7, 11) is 1.83. The Balaban J connectivity index is 2.68. The molecule has 82 valence electrons. The molecule has 0 unspecified atom stereocenters. The van der Waals surface area contributed by atoms with Crippen molar-refractivity contribution >= 4 is 5.97 Å². The van der Waals surface area contributed by atoms with Crippen molar-refractivity contribution in [2.45, 2.75) is 19.8 Å².